The normalized spacial score (nSPS) is 15.6. The van der Waals surface area contributed by atoms with Gasteiger partial charge in [-0.05, 0) is 32.6 Å². The van der Waals surface area contributed by atoms with E-state index in [1.54, 1.807) is 18.5 Å². The van der Waals surface area contributed by atoms with Crippen LogP contribution >= 0.6 is 0 Å². The highest BCUT2D eigenvalue weighted by Crippen LogP contribution is 2.36. The largest absolute Gasteiger partial charge is 0.465 e. The fourth-order valence-corrected chi connectivity index (χ4v) is 3.02. The second-order valence-corrected chi connectivity index (χ2v) is 5.38. The van der Waals surface area contributed by atoms with Gasteiger partial charge in [0.25, 0.3) is 0 Å². The van der Waals surface area contributed by atoms with Gasteiger partial charge in [0.05, 0.1) is 19.3 Å². The van der Waals surface area contributed by atoms with Gasteiger partial charge in [-0.1, -0.05) is 0 Å². The van der Waals surface area contributed by atoms with E-state index in [4.69, 9.17) is 14.2 Å². The van der Waals surface area contributed by atoms with Crippen LogP contribution in [0.4, 0.5) is 0 Å². The fourth-order valence-electron chi connectivity index (χ4n) is 3.02. The Labute approximate surface area is 130 Å². The van der Waals surface area contributed by atoms with E-state index in [0.29, 0.717) is 31.1 Å². The van der Waals surface area contributed by atoms with Gasteiger partial charge in [0.2, 0.25) is 0 Å². The Hall–Kier alpha value is -1.82. The van der Waals surface area contributed by atoms with Crippen molar-refractivity contribution < 1.29 is 23.8 Å². The number of hydrogen-bond acceptors (Lipinski definition) is 5. The molecule has 0 N–H and O–H groups in total. The van der Waals surface area contributed by atoms with Crippen LogP contribution in [-0.2, 0) is 21.3 Å². The van der Waals surface area contributed by atoms with Crippen molar-refractivity contribution in [2.45, 2.75) is 32.6 Å². The molecular weight excluding hydrogens is 286 g/mol. The molecular formula is C16H23NO5. The van der Waals surface area contributed by atoms with Crippen LogP contribution in [0.15, 0.2) is 0 Å². The van der Waals surface area contributed by atoms with E-state index in [1.807, 2.05) is 6.92 Å². The maximum absolute atomic E-state index is 12.4. The number of ether oxygens (including phenoxy) is 3. The van der Waals surface area contributed by atoms with Crippen molar-refractivity contribution in [3.63, 3.8) is 0 Å². The summed E-state index contributed by atoms with van der Waals surface area (Å²) in [6.45, 7) is 5.13. The van der Waals surface area contributed by atoms with Crippen molar-refractivity contribution in [2.75, 3.05) is 26.9 Å². The minimum atomic E-state index is -0.412. The number of rotatable bonds is 4. The summed E-state index contributed by atoms with van der Waals surface area (Å²) in [4.78, 5) is 24.6. The monoisotopic (exact) mass is 309 g/mol. The van der Waals surface area contributed by atoms with Gasteiger partial charge in [0.1, 0.15) is 5.69 Å². The third-order valence-corrected chi connectivity index (χ3v) is 4.21. The summed E-state index contributed by atoms with van der Waals surface area (Å²) < 4.78 is 17.2. The lowest BCUT2D eigenvalue weighted by atomic mass is 9.88. The van der Waals surface area contributed by atoms with Crippen LogP contribution in [0.25, 0.3) is 0 Å². The first-order valence-electron chi connectivity index (χ1n) is 7.55. The molecule has 6 nitrogen and oxygen atoms in total. The topological polar surface area (TPSA) is 66.8 Å². The zero-order chi connectivity index (χ0) is 16.3. The maximum Gasteiger partial charge on any atom is 0.355 e. The molecule has 1 fully saturated rings. The second kappa shape index (κ2) is 6.96. The predicted octanol–water partition coefficient (Wildman–Crippen LogP) is 2.19. The Morgan fingerprint density at radius 2 is 1.91 bits per heavy atom. The first-order chi connectivity index (χ1) is 10.5. The van der Waals surface area contributed by atoms with Crippen molar-refractivity contribution in [2.24, 2.45) is 7.05 Å². The van der Waals surface area contributed by atoms with Crippen molar-refractivity contribution >= 4 is 11.9 Å². The molecule has 0 saturated carbocycles. The molecule has 2 rings (SSSR count). The molecule has 1 aromatic rings. The van der Waals surface area contributed by atoms with Crippen molar-refractivity contribution in [1.29, 1.82) is 0 Å². The lowest BCUT2D eigenvalue weighted by molar-refractivity contribution is 0.0507. The van der Waals surface area contributed by atoms with Gasteiger partial charge in [0, 0.05) is 31.5 Å². The summed E-state index contributed by atoms with van der Waals surface area (Å²) in [6.07, 6.45) is 1.56. The lowest BCUT2D eigenvalue weighted by Gasteiger charge is -2.23. The van der Waals surface area contributed by atoms with Gasteiger partial charge in [-0.25, -0.2) is 9.59 Å². The van der Waals surface area contributed by atoms with Gasteiger partial charge in [-0.15, -0.1) is 0 Å². The predicted molar refractivity (Wildman–Crippen MR) is 80.2 cm³/mol. The van der Waals surface area contributed by atoms with E-state index in [-0.39, 0.29) is 5.92 Å². The minimum absolute atomic E-state index is 0.0992. The molecule has 1 saturated heterocycles. The van der Waals surface area contributed by atoms with Crippen LogP contribution in [0.5, 0.6) is 0 Å². The van der Waals surface area contributed by atoms with Crippen LogP contribution in [0.3, 0.4) is 0 Å². The minimum Gasteiger partial charge on any atom is -0.465 e. The third kappa shape index (κ3) is 2.88. The number of carbonyl (C=O) groups excluding carboxylic acids is 2. The van der Waals surface area contributed by atoms with Gasteiger partial charge in [-0.2, -0.15) is 0 Å². The Morgan fingerprint density at radius 1 is 1.27 bits per heavy atom. The number of aromatic nitrogens is 1. The van der Waals surface area contributed by atoms with Crippen LogP contribution in [-0.4, -0.2) is 43.4 Å². The fraction of sp³-hybridized carbons (Fsp3) is 0.625. The summed E-state index contributed by atoms with van der Waals surface area (Å²) in [7, 11) is 3.13. The summed E-state index contributed by atoms with van der Waals surface area (Å²) in [5.74, 6) is -0.711. The average molecular weight is 309 g/mol. The lowest BCUT2D eigenvalue weighted by Crippen LogP contribution is -2.20. The van der Waals surface area contributed by atoms with Gasteiger partial charge in [0.15, 0.2) is 0 Å². The first-order valence-corrected chi connectivity index (χ1v) is 7.55. The summed E-state index contributed by atoms with van der Waals surface area (Å²) in [5.41, 5.74) is 2.40. The van der Waals surface area contributed by atoms with E-state index in [2.05, 4.69) is 0 Å². The summed E-state index contributed by atoms with van der Waals surface area (Å²) >= 11 is 0. The zero-order valence-corrected chi connectivity index (χ0v) is 13.6. The van der Waals surface area contributed by atoms with Crippen LogP contribution in [0.2, 0.25) is 0 Å². The number of methoxy groups -OCH3 is 1. The summed E-state index contributed by atoms with van der Waals surface area (Å²) in [6, 6.07) is 0. The molecule has 0 unspecified atom stereocenters. The average Bonchev–Trinajstić information content (AvgIpc) is 2.80. The van der Waals surface area contributed by atoms with E-state index in [0.717, 1.165) is 24.1 Å². The molecule has 6 heteroatoms. The second-order valence-electron chi connectivity index (χ2n) is 5.38. The van der Waals surface area contributed by atoms with E-state index < -0.39 is 11.9 Å². The highest BCUT2D eigenvalue weighted by Gasteiger charge is 2.33. The standard InChI is InChI=1S/C16H23NO5/c1-5-22-16(19)14-13(11-6-8-21-9-7-11)12(15(18)20-4)10(2)17(14)3/h11H,5-9H2,1-4H3. The number of nitrogens with zero attached hydrogens (tertiary/aromatic N) is 1. The molecule has 1 aliphatic rings. The number of hydrogen-bond donors (Lipinski definition) is 0. The molecule has 0 bridgehead atoms. The van der Waals surface area contributed by atoms with Crippen molar-refractivity contribution in [3.8, 4) is 0 Å². The SMILES string of the molecule is CCOC(=O)c1c(C2CCOCC2)c(C(=O)OC)c(C)n1C. The molecule has 0 radical (unpaired) electrons. The Morgan fingerprint density at radius 3 is 2.45 bits per heavy atom. The molecule has 22 heavy (non-hydrogen) atoms. The molecule has 0 atom stereocenters. The Kier molecular flexibility index (Phi) is 5.24. The molecule has 2 heterocycles. The van der Waals surface area contributed by atoms with E-state index >= 15 is 0 Å². The molecule has 0 amide bonds. The van der Waals surface area contributed by atoms with Crippen molar-refractivity contribution in [1.82, 2.24) is 4.57 Å². The highest BCUT2D eigenvalue weighted by atomic mass is 16.5. The molecule has 0 spiro atoms. The molecule has 122 valence electrons. The van der Waals surface area contributed by atoms with Crippen LogP contribution in [0, 0.1) is 6.92 Å². The Bertz CT molecular complexity index is 570. The maximum atomic E-state index is 12.4. The zero-order valence-electron chi connectivity index (χ0n) is 13.6. The van der Waals surface area contributed by atoms with Gasteiger partial charge in [-0.3, -0.25) is 0 Å². The third-order valence-electron chi connectivity index (χ3n) is 4.21. The molecule has 1 aliphatic heterocycles. The van der Waals surface area contributed by atoms with Gasteiger partial charge >= 0.3 is 11.9 Å². The van der Waals surface area contributed by atoms with Crippen LogP contribution < -0.4 is 0 Å². The first kappa shape index (κ1) is 16.5. The number of carbonyl (C=O) groups is 2. The quantitative estimate of drug-likeness (QED) is 0.798. The Balaban J connectivity index is 2.60. The van der Waals surface area contributed by atoms with E-state index in [9.17, 15) is 9.59 Å². The summed E-state index contributed by atoms with van der Waals surface area (Å²) in [5, 5.41) is 0. The smallest absolute Gasteiger partial charge is 0.355 e. The number of esters is 2. The molecule has 1 aromatic heterocycles. The highest BCUT2D eigenvalue weighted by molar-refractivity contribution is 5.99. The van der Waals surface area contributed by atoms with E-state index in [1.165, 1.54) is 7.11 Å². The molecule has 0 aliphatic carbocycles. The van der Waals surface area contributed by atoms with Crippen LogP contribution in [0.1, 0.15) is 57.8 Å². The van der Waals surface area contributed by atoms with Gasteiger partial charge < -0.3 is 18.8 Å². The van der Waals surface area contributed by atoms with Crippen molar-refractivity contribution in [3.05, 3.63) is 22.5 Å². The molecule has 0 aromatic carbocycles.